The molecule has 2 aliphatic heterocycles. The van der Waals surface area contributed by atoms with E-state index in [1.165, 1.54) is 104 Å². The average molecular weight is 1140 g/mol. The standard InChI is InChI=1S/C82H66BN3S/c1-81(2,3)58-50-69(55-29-13-7-14-30-55)80(70(51-58)56-31-15-8-16-32-56)86-73-49-57(77-65-41-25-27-43-67(65)79(68-44-28-26-42-66(68)77)85(62-37-21-11-22-38-62)63-39-23-12-24-40-63)45-47-71(73)83-72-48-46-64(84(60-33-17-9-18-34-60)61-35-19-10-20-36-61)54-75(72)87-76-53-59(82(4,5)6)52-74(86)78(76)83/h7-54H,1-6H3. The maximum atomic E-state index is 2.71. The molecule has 2 heterocycles. The number of nitrogens with zero attached hydrogens (tertiary/aromatic N) is 3. The van der Waals surface area contributed by atoms with Crippen LogP contribution in [0.4, 0.5) is 51.2 Å². The van der Waals surface area contributed by atoms with E-state index in [0.29, 0.717) is 0 Å². The zero-order valence-corrected chi connectivity index (χ0v) is 50.9. The Bertz CT molecular complexity index is 4530. The number of benzene rings is 13. The van der Waals surface area contributed by atoms with Crippen molar-refractivity contribution in [2.24, 2.45) is 0 Å². The summed E-state index contributed by atoms with van der Waals surface area (Å²) in [5.41, 5.74) is 23.6. The Labute approximate surface area is 516 Å². The van der Waals surface area contributed by atoms with E-state index >= 15 is 0 Å². The number of fused-ring (bicyclic) bond motifs is 6. The molecule has 15 rings (SSSR count). The van der Waals surface area contributed by atoms with Crippen molar-refractivity contribution in [3.63, 3.8) is 0 Å². The topological polar surface area (TPSA) is 9.72 Å². The lowest BCUT2D eigenvalue weighted by Gasteiger charge is -2.43. The molecule has 87 heavy (non-hydrogen) atoms. The van der Waals surface area contributed by atoms with Gasteiger partial charge < -0.3 is 14.7 Å². The molecule has 0 amide bonds. The van der Waals surface area contributed by atoms with Crippen LogP contribution in [0.25, 0.3) is 54.9 Å². The number of hydrogen-bond acceptors (Lipinski definition) is 4. The van der Waals surface area contributed by atoms with Crippen LogP contribution in [0.15, 0.2) is 301 Å². The fourth-order valence-electron chi connectivity index (χ4n) is 13.5. The van der Waals surface area contributed by atoms with Crippen LogP contribution in [0.5, 0.6) is 0 Å². The van der Waals surface area contributed by atoms with Crippen molar-refractivity contribution in [1.82, 2.24) is 0 Å². The second-order valence-electron chi connectivity index (χ2n) is 25.3. The molecule has 0 fully saturated rings. The van der Waals surface area contributed by atoms with Gasteiger partial charge in [-0.25, -0.2) is 0 Å². The lowest BCUT2D eigenvalue weighted by Crippen LogP contribution is -2.60. The van der Waals surface area contributed by atoms with Gasteiger partial charge in [0.1, 0.15) is 0 Å². The molecule has 0 atom stereocenters. The van der Waals surface area contributed by atoms with E-state index in [-0.39, 0.29) is 17.5 Å². The summed E-state index contributed by atoms with van der Waals surface area (Å²) >= 11 is 1.93. The maximum absolute atomic E-state index is 2.71. The highest BCUT2D eigenvalue weighted by molar-refractivity contribution is 8.00. The summed E-state index contributed by atoms with van der Waals surface area (Å²) in [6, 6.07) is 109. The normalized spacial score (nSPS) is 12.6. The third-order valence-corrected chi connectivity index (χ3v) is 18.9. The number of hydrogen-bond donors (Lipinski definition) is 0. The summed E-state index contributed by atoms with van der Waals surface area (Å²) in [7, 11) is 0. The van der Waals surface area contributed by atoms with Gasteiger partial charge in [-0.2, -0.15) is 0 Å². The van der Waals surface area contributed by atoms with E-state index in [1.54, 1.807) is 0 Å². The van der Waals surface area contributed by atoms with Crippen LogP contribution in [0.3, 0.4) is 0 Å². The molecule has 0 unspecified atom stereocenters. The van der Waals surface area contributed by atoms with Crippen molar-refractivity contribution in [2.75, 3.05) is 14.7 Å². The van der Waals surface area contributed by atoms with Crippen LogP contribution in [0, 0.1) is 0 Å². The molecule has 13 aromatic carbocycles. The highest BCUT2D eigenvalue weighted by Crippen LogP contribution is 2.54. The van der Waals surface area contributed by atoms with Crippen molar-refractivity contribution in [1.29, 1.82) is 0 Å². The molecule has 13 aromatic rings. The summed E-state index contributed by atoms with van der Waals surface area (Å²) in [5.74, 6) is 0. The summed E-state index contributed by atoms with van der Waals surface area (Å²) in [6.45, 7) is 14.1. The van der Waals surface area contributed by atoms with Crippen LogP contribution in [-0.4, -0.2) is 6.71 Å². The van der Waals surface area contributed by atoms with E-state index in [4.69, 9.17) is 0 Å². The van der Waals surface area contributed by atoms with Crippen molar-refractivity contribution in [3.8, 4) is 33.4 Å². The Morgan fingerprint density at radius 3 is 1.24 bits per heavy atom. The lowest BCUT2D eigenvalue weighted by molar-refractivity contribution is 0.589. The van der Waals surface area contributed by atoms with Gasteiger partial charge in [-0.3, -0.25) is 0 Å². The van der Waals surface area contributed by atoms with Crippen molar-refractivity contribution < 1.29 is 0 Å². The minimum atomic E-state index is -0.178. The number of anilines is 9. The molecule has 5 heteroatoms. The molecule has 3 nitrogen and oxygen atoms in total. The third kappa shape index (κ3) is 9.49. The Morgan fingerprint density at radius 1 is 0.333 bits per heavy atom. The predicted molar refractivity (Wildman–Crippen MR) is 374 cm³/mol. The second kappa shape index (κ2) is 21.6. The van der Waals surface area contributed by atoms with E-state index in [0.717, 1.165) is 39.7 Å². The van der Waals surface area contributed by atoms with Crippen LogP contribution in [0.2, 0.25) is 0 Å². The Hall–Kier alpha value is -9.81. The average Bonchev–Trinajstić information content (AvgIpc) is 0.728. The Morgan fingerprint density at radius 2 is 0.759 bits per heavy atom. The van der Waals surface area contributed by atoms with Gasteiger partial charge in [0.2, 0.25) is 6.71 Å². The molecule has 2 aliphatic rings. The first kappa shape index (κ1) is 53.9. The van der Waals surface area contributed by atoms with Crippen LogP contribution in [-0.2, 0) is 10.8 Å². The van der Waals surface area contributed by atoms with Crippen LogP contribution >= 0.6 is 11.8 Å². The first-order valence-electron chi connectivity index (χ1n) is 30.4. The van der Waals surface area contributed by atoms with Crippen molar-refractivity contribution in [3.05, 3.63) is 302 Å². The van der Waals surface area contributed by atoms with Crippen molar-refractivity contribution >= 4 is 108 Å². The van der Waals surface area contributed by atoms with Gasteiger partial charge in [0.05, 0.1) is 11.4 Å². The SMILES string of the molecule is CC(C)(C)c1cc(-c2ccccc2)c(N2c3cc(-c4c5ccccc5c(N(c5ccccc5)c5ccccc5)c5ccccc45)ccc3B3c4ccc(N(c5ccccc5)c5ccccc5)cc4Sc4cc(C(C)(C)C)cc2c43)c(-c2ccccc2)c1. The van der Waals surface area contributed by atoms with Gasteiger partial charge in [-0.05, 0) is 157 Å². The van der Waals surface area contributed by atoms with E-state index < -0.39 is 0 Å². The minimum absolute atomic E-state index is 0.0770. The Kier molecular flexibility index (Phi) is 13.4. The van der Waals surface area contributed by atoms with Gasteiger partial charge in [0.15, 0.2) is 0 Å². The highest BCUT2D eigenvalue weighted by atomic mass is 32.2. The molecule has 0 aliphatic carbocycles. The molecule has 0 bridgehead atoms. The highest BCUT2D eigenvalue weighted by Gasteiger charge is 2.44. The predicted octanol–water partition coefficient (Wildman–Crippen LogP) is 21.3. The van der Waals surface area contributed by atoms with E-state index in [9.17, 15) is 0 Å². The molecule has 0 N–H and O–H groups in total. The summed E-state index contributed by atoms with van der Waals surface area (Å²) < 4.78 is 0. The zero-order chi connectivity index (χ0) is 59.0. The maximum Gasteiger partial charge on any atom is 0.249 e. The fourth-order valence-corrected chi connectivity index (χ4v) is 14.7. The van der Waals surface area contributed by atoms with E-state index in [1.807, 2.05) is 11.8 Å². The second-order valence-corrected chi connectivity index (χ2v) is 26.3. The number of para-hydroxylation sites is 4. The monoisotopic (exact) mass is 1140 g/mol. The molecule has 0 saturated carbocycles. The van der Waals surface area contributed by atoms with Crippen LogP contribution in [0.1, 0.15) is 52.7 Å². The molecule has 0 saturated heterocycles. The minimum Gasteiger partial charge on any atom is -0.310 e. The van der Waals surface area contributed by atoms with Gasteiger partial charge in [0.25, 0.3) is 0 Å². The first-order chi connectivity index (χ1) is 42.5. The van der Waals surface area contributed by atoms with Crippen molar-refractivity contribution in [2.45, 2.75) is 62.2 Å². The van der Waals surface area contributed by atoms with Crippen LogP contribution < -0.4 is 31.1 Å². The Balaban J connectivity index is 1.05. The molecule has 418 valence electrons. The third-order valence-electron chi connectivity index (χ3n) is 17.7. The van der Waals surface area contributed by atoms with Gasteiger partial charge in [-0.1, -0.05) is 259 Å². The van der Waals surface area contributed by atoms with Gasteiger partial charge >= 0.3 is 0 Å². The lowest BCUT2D eigenvalue weighted by atomic mass is 9.34. The molecule has 0 aromatic heterocycles. The van der Waals surface area contributed by atoms with Gasteiger partial charge in [0, 0.05) is 71.5 Å². The number of rotatable bonds is 10. The summed E-state index contributed by atoms with van der Waals surface area (Å²) in [6.07, 6.45) is 0. The smallest absolute Gasteiger partial charge is 0.249 e. The fraction of sp³-hybridized carbons (Fsp3) is 0.0976. The largest absolute Gasteiger partial charge is 0.310 e. The summed E-state index contributed by atoms with van der Waals surface area (Å²) in [5, 5.41) is 4.76. The summed E-state index contributed by atoms with van der Waals surface area (Å²) in [4.78, 5) is 10.1. The van der Waals surface area contributed by atoms with E-state index in [2.05, 4.69) is 347 Å². The molecular weight excluding hydrogens is 1070 g/mol. The van der Waals surface area contributed by atoms with Gasteiger partial charge in [-0.15, -0.1) is 0 Å². The molecular formula is C82H66BN3S. The quantitative estimate of drug-likeness (QED) is 0.0997. The molecule has 0 radical (unpaired) electrons. The molecule has 0 spiro atoms. The first-order valence-corrected chi connectivity index (χ1v) is 31.3. The zero-order valence-electron chi connectivity index (χ0n) is 50.0.